The van der Waals surface area contributed by atoms with Gasteiger partial charge in [0.05, 0.1) is 12.6 Å². The summed E-state index contributed by atoms with van der Waals surface area (Å²) in [5, 5.41) is 20.0. The van der Waals surface area contributed by atoms with Crippen LogP contribution in [0, 0.1) is 5.82 Å². The van der Waals surface area contributed by atoms with Crippen LogP contribution in [0.3, 0.4) is 0 Å². The van der Waals surface area contributed by atoms with Crippen LogP contribution < -0.4 is 4.90 Å². The lowest BCUT2D eigenvalue weighted by atomic mass is 9.99. The minimum atomic E-state index is -1.02. The van der Waals surface area contributed by atoms with Gasteiger partial charge in [-0.3, -0.25) is 0 Å². The van der Waals surface area contributed by atoms with Gasteiger partial charge in [0.2, 0.25) is 0 Å². The van der Waals surface area contributed by atoms with Crippen molar-refractivity contribution in [1.29, 1.82) is 0 Å². The molecule has 1 aliphatic heterocycles. The van der Waals surface area contributed by atoms with Crippen molar-refractivity contribution in [3.63, 3.8) is 0 Å². The van der Waals surface area contributed by atoms with E-state index in [1.807, 2.05) is 29.2 Å². The van der Waals surface area contributed by atoms with Gasteiger partial charge in [-0.15, -0.1) is 0 Å². The molecule has 0 unspecified atom stereocenters. The summed E-state index contributed by atoms with van der Waals surface area (Å²) in [6, 6.07) is 11.6. The minimum absolute atomic E-state index is 0.276. The lowest BCUT2D eigenvalue weighted by Crippen LogP contribution is -2.37. The third-order valence-electron chi connectivity index (χ3n) is 4.04. The first-order valence-corrected chi connectivity index (χ1v) is 7.57. The molecular formula is C17H17ClFNO2. The number of para-hydroxylation sites is 1. The van der Waals surface area contributed by atoms with Crippen LogP contribution in [0.15, 0.2) is 42.5 Å². The lowest BCUT2D eigenvalue weighted by Gasteiger charge is -2.33. The number of hydrogen-bond donors (Lipinski definition) is 2. The molecule has 2 aromatic carbocycles. The highest BCUT2D eigenvalue weighted by Gasteiger charge is 2.32. The summed E-state index contributed by atoms with van der Waals surface area (Å²) in [5.41, 5.74) is 2.74. The molecule has 0 saturated carbocycles. The largest absolute Gasteiger partial charge is 0.394 e. The highest BCUT2D eigenvalue weighted by Crippen LogP contribution is 2.37. The van der Waals surface area contributed by atoms with E-state index in [9.17, 15) is 14.6 Å². The van der Waals surface area contributed by atoms with Crippen molar-refractivity contribution in [3.05, 3.63) is 64.4 Å². The Morgan fingerprint density at radius 1 is 1.23 bits per heavy atom. The minimum Gasteiger partial charge on any atom is -0.394 e. The average Bonchev–Trinajstić information content (AvgIpc) is 2.90. The van der Waals surface area contributed by atoms with Gasteiger partial charge in [0, 0.05) is 17.3 Å². The molecule has 0 aromatic heterocycles. The Bertz CT molecular complexity index is 659. The molecule has 3 rings (SSSR count). The van der Waals surface area contributed by atoms with Crippen molar-refractivity contribution >= 4 is 17.3 Å². The Hall–Kier alpha value is -1.62. The zero-order valence-corrected chi connectivity index (χ0v) is 12.7. The number of halogens is 2. The van der Waals surface area contributed by atoms with Crippen LogP contribution in [0.4, 0.5) is 10.1 Å². The second-order valence-electron chi connectivity index (χ2n) is 5.47. The molecule has 1 heterocycles. The average molecular weight is 322 g/mol. The van der Waals surface area contributed by atoms with E-state index in [2.05, 4.69) is 0 Å². The van der Waals surface area contributed by atoms with Crippen LogP contribution in [0.5, 0.6) is 0 Å². The highest BCUT2D eigenvalue weighted by molar-refractivity contribution is 6.30. The van der Waals surface area contributed by atoms with Gasteiger partial charge < -0.3 is 15.1 Å². The first-order valence-electron chi connectivity index (χ1n) is 7.19. The van der Waals surface area contributed by atoms with E-state index in [-0.39, 0.29) is 5.02 Å². The van der Waals surface area contributed by atoms with Crippen LogP contribution in [0.2, 0.25) is 5.02 Å². The Balaban J connectivity index is 2.05. The summed E-state index contributed by atoms with van der Waals surface area (Å²) in [6.45, 7) is 0.298. The first kappa shape index (κ1) is 15.3. The fourth-order valence-electron chi connectivity index (χ4n) is 3.11. The summed E-state index contributed by atoms with van der Waals surface area (Å²) in [6.07, 6.45) is -0.169. The van der Waals surface area contributed by atoms with E-state index in [0.717, 1.165) is 12.1 Å². The fraction of sp³-hybridized carbons (Fsp3) is 0.294. The molecular weight excluding hydrogens is 305 g/mol. The number of anilines is 1. The van der Waals surface area contributed by atoms with Crippen LogP contribution in [0.25, 0.3) is 0 Å². The number of aliphatic hydroxyl groups is 2. The van der Waals surface area contributed by atoms with Crippen molar-refractivity contribution in [2.75, 3.05) is 18.1 Å². The summed E-state index contributed by atoms with van der Waals surface area (Å²) in [5.74, 6) is -0.454. The molecule has 0 fully saturated rings. The van der Waals surface area contributed by atoms with Crippen molar-refractivity contribution in [2.45, 2.75) is 18.6 Å². The molecule has 0 bridgehead atoms. The lowest BCUT2D eigenvalue weighted by molar-refractivity contribution is 0.0716. The summed E-state index contributed by atoms with van der Waals surface area (Å²) < 4.78 is 13.7. The Morgan fingerprint density at radius 2 is 2.00 bits per heavy atom. The molecule has 2 atom stereocenters. The fourth-order valence-corrected chi connectivity index (χ4v) is 3.34. The molecule has 116 valence electrons. The number of hydrogen-bond acceptors (Lipinski definition) is 3. The predicted octanol–water partition coefficient (Wildman–Crippen LogP) is 2.94. The Kier molecular flexibility index (Phi) is 4.34. The second kappa shape index (κ2) is 6.24. The number of fused-ring (bicyclic) bond motifs is 1. The third kappa shape index (κ3) is 2.82. The quantitative estimate of drug-likeness (QED) is 0.910. The standard InChI is InChI=1S/C17H17ClFNO2/c18-13-7-12(8-14(19)9-13)17(16(22)10-21)20-6-5-11-3-1-2-4-15(11)20/h1-4,7-9,16-17,21-22H,5-6,10H2/t16-,17+/m1/s1. The van der Waals surface area contributed by atoms with E-state index < -0.39 is 24.6 Å². The van der Waals surface area contributed by atoms with Gasteiger partial charge in [-0.05, 0) is 41.8 Å². The van der Waals surface area contributed by atoms with Gasteiger partial charge in [-0.1, -0.05) is 29.8 Å². The van der Waals surface area contributed by atoms with Crippen LogP contribution >= 0.6 is 11.6 Å². The molecule has 1 aliphatic rings. The van der Waals surface area contributed by atoms with Gasteiger partial charge in [0.15, 0.2) is 0 Å². The summed E-state index contributed by atoms with van der Waals surface area (Å²) >= 11 is 5.95. The van der Waals surface area contributed by atoms with Gasteiger partial charge >= 0.3 is 0 Å². The number of benzene rings is 2. The first-order chi connectivity index (χ1) is 10.6. The normalized spacial score (nSPS) is 16.5. The van der Waals surface area contributed by atoms with Crippen molar-refractivity contribution in [1.82, 2.24) is 0 Å². The zero-order chi connectivity index (χ0) is 15.7. The zero-order valence-electron chi connectivity index (χ0n) is 11.9. The van der Waals surface area contributed by atoms with E-state index >= 15 is 0 Å². The predicted molar refractivity (Wildman–Crippen MR) is 84.7 cm³/mol. The monoisotopic (exact) mass is 321 g/mol. The Labute approximate surface area is 133 Å². The molecule has 3 nitrogen and oxygen atoms in total. The molecule has 2 N–H and O–H groups in total. The molecule has 5 heteroatoms. The molecule has 0 amide bonds. The van der Waals surface area contributed by atoms with Gasteiger partial charge in [0.25, 0.3) is 0 Å². The van der Waals surface area contributed by atoms with E-state index in [4.69, 9.17) is 11.6 Å². The van der Waals surface area contributed by atoms with Crippen LogP contribution in [0.1, 0.15) is 17.2 Å². The SMILES string of the molecule is OC[C@@H](O)[C@H](c1cc(F)cc(Cl)c1)N1CCc2ccccc21. The van der Waals surface area contributed by atoms with E-state index in [0.29, 0.717) is 12.1 Å². The molecule has 2 aromatic rings. The summed E-state index contributed by atoms with van der Waals surface area (Å²) in [4.78, 5) is 2.00. The third-order valence-corrected chi connectivity index (χ3v) is 4.26. The number of rotatable bonds is 4. The number of nitrogens with zero attached hydrogens (tertiary/aromatic N) is 1. The van der Waals surface area contributed by atoms with Crippen molar-refractivity contribution < 1.29 is 14.6 Å². The van der Waals surface area contributed by atoms with Crippen molar-refractivity contribution in [3.8, 4) is 0 Å². The molecule has 0 aliphatic carbocycles. The highest BCUT2D eigenvalue weighted by atomic mass is 35.5. The molecule has 0 spiro atoms. The van der Waals surface area contributed by atoms with Gasteiger partial charge in [-0.25, -0.2) is 4.39 Å². The van der Waals surface area contributed by atoms with Gasteiger partial charge in [-0.2, -0.15) is 0 Å². The van der Waals surface area contributed by atoms with Crippen LogP contribution in [-0.4, -0.2) is 29.5 Å². The summed E-state index contributed by atoms with van der Waals surface area (Å²) in [7, 11) is 0. The van der Waals surface area contributed by atoms with E-state index in [1.54, 1.807) is 6.07 Å². The Morgan fingerprint density at radius 3 is 2.73 bits per heavy atom. The maximum absolute atomic E-state index is 13.7. The maximum atomic E-state index is 13.7. The topological polar surface area (TPSA) is 43.7 Å². The second-order valence-corrected chi connectivity index (χ2v) is 5.91. The maximum Gasteiger partial charge on any atom is 0.125 e. The molecule has 22 heavy (non-hydrogen) atoms. The van der Waals surface area contributed by atoms with Gasteiger partial charge in [0.1, 0.15) is 11.9 Å². The number of aliphatic hydroxyl groups excluding tert-OH is 2. The molecule has 0 radical (unpaired) electrons. The van der Waals surface area contributed by atoms with Crippen molar-refractivity contribution in [2.24, 2.45) is 0 Å². The van der Waals surface area contributed by atoms with E-state index in [1.165, 1.54) is 17.7 Å². The molecule has 0 saturated heterocycles. The smallest absolute Gasteiger partial charge is 0.125 e. The van der Waals surface area contributed by atoms with Crippen LogP contribution in [-0.2, 0) is 6.42 Å².